The van der Waals surface area contributed by atoms with Crippen molar-refractivity contribution in [3.8, 4) is 11.5 Å². The minimum absolute atomic E-state index is 0.137. The summed E-state index contributed by atoms with van der Waals surface area (Å²) in [5.74, 6) is 1.46. The van der Waals surface area contributed by atoms with Gasteiger partial charge in [-0.1, -0.05) is 24.3 Å². The van der Waals surface area contributed by atoms with Crippen LogP contribution in [0.4, 0.5) is 5.69 Å². The van der Waals surface area contributed by atoms with Gasteiger partial charge in [0.25, 0.3) is 0 Å². The molecule has 4 aliphatic carbocycles. The largest absolute Gasteiger partial charge is 0.497 e. The summed E-state index contributed by atoms with van der Waals surface area (Å²) in [6, 6.07) is 13.8. The molecule has 0 unspecified atom stereocenters. The second-order valence-corrected chi connectivity index (χ2v) is 9.07. The topological polar surface area (TPSA) is 72.9 Å². The molecule has 0 spiro atoms. The van der Waals surface area contributed by atoms with Crippen LogP contribution in [0.15, 0.2) is 60.7 Å². The Kier molecular flexibility index (Phi) is 4.25. The number of benzene rings is 2. The Bertz CT molecular complexity index is 1120. The van der Waals surface area contributed by atoms with E-state index in [2.05, 4.69) is 12.2 Å². The van der Waals surface area contributed by atoms with E-state index in [-0.39, 0.29) is 47.9 Å². The van der Waals surface area contributed by atoms with E-state index in [1.165, 1.54) is 4.90 Å². The van der Waals surface area contributed by atoms with Crippen LogP contribution in [0.2, 0.25) is 0 Å². The van der Waals surface area contributed by atoms with Gasteiger partial charge in [-0.25, -0.2) is 4.90 Å². The van der Waals surface area contributed by atoms with Crippen molar-refractivity contribution in [1.82, 2.24) is 0 Å². The summed E-state index contributed by atoms with van der Waals surface area (Å²) in [5, 5.41) is 0. The van der Waals surface area contributed by atoms with Crippen molar-refractivity contribution < 1.29 is 23.9 Å². The lowest BCUT2D eigenvalue weighted by Crippen LogP contribution is -2.40. The maximum Gasteiger partial charge on any atom is 0.238 e. The van der Waals surface area contributed by atoms with Gasteiger partial charge in [0.15, 0.2) is 12.4 Å². The first-order valence-corrected chi connectivity index (χ1v) is 11.0. The van der Waals surface area contributed by atoms with Crippen molar-refractivity contribution >= 4 is 23.3 Å². The fourth-order valence-electron chi connectivity index (χ4n) is 5.96. The van der Waals surface area contributed by atoms with Gasteiger partial charge >= 0.3 is 0 Å². The molecule has 0 N–H and O–H groups in total. The zero-order valence-corrected chi connectivity index (χ0v) is 17.6. The number of imide groups is 1. The van der Waals surface area contributed by atoms with E-state index < -0.39 is 0 Å². The number of amides is 2. The van der Waals surface area contributed by atoms with E-state index in [1.54, 1.807) is 55.6 Å². The second kappa shape index (κ2) is 7.05. The van der Waals surface area contributed by atoms with Crippen LogP contribution in [0.5, 0.6) is 11.5 Å². The molecule has 5 aliphatic rings. The Balaban J connectivity index is 1.24. The van der Waals surface area contributed by atoms with Crippen molar-refractivity contribution in [3.05, 3.63) is 66.2 Å². The number of methoxy groups -OCH3 is 1. The number of ketones is 1. The first-order chi connectivity index (χ1) is 15.6. The van der Waals surface area contributed by atoms with Crippen LogP contribution in [0, 0.1) is 35.5 Å². The molecular weight excluding hydrogens is 406 g/mol. The molecule has 2 aromatic carbocycles. The van der Waals surface area contributed by atoms with Crippen molar-refractivity contribution in [3.63, 3.8) is 0 Å². The van der Waals surface area contributed by atoms with Crippen LogP contribution in [0.1, 0.15) is 16.8 Å². The van der Waals surface area contributed by atoms with Crippen LogP contribution in [-0.2, 0) is 9.59 Å². The number of rotatable bonds is 6. The van der Waals surface area contributed by atoms with E-state index >= 15 is 0 Å². The van der Waals surface area contributed by atoms with Gasteiger partial charge in [-0.3, -0.25) is 14.4 Å². The Labute approximate surface area is 185 Å². The van der Waals surface area contributed by atoms with Gasteiger partial charge in [-0.15, -0.1) is 0 Å². The lowest BCUT2D eigenvalue weighted by Gasteiger charge is -2.37. The standard InChI is InChI=1S/C26H23NO5/c1-31-15-8-6-14(7-9-15)21(28)13-32-22-5-3-2-4-20(22)27-25(29)23-16-10-11-17(19-12-18(16)19)24(23)26(27)30/h2-11,16-19,23-24H,12-13H2,1H3/t16-,17-,18-,19-,23+,24+/m1/s1. The van der Waals surface area contributed by atoms with Crippen molar-refractivity contribution in [2.45, 2.75) is 6.42 Å². The molecule has 0 aromatic heterocycles. The van der Waals surface area contributed by atoms with Crippen molar-refractivity contribution in [2.75, 3.05) is 18.6 Å². The monoisotopic (exact) mass is 429 g/mol. The van der Waals surface area contributed by atoms with E-state index in [0.717, 1.165) is 6.42 Å². The molecule has 6 atom stereocenters. The van der Waals surface area contributed by atoms with Crippen molar-refractivity contribution in [1.29, 1.82) is 0 Å². The van der Waals surface area contributed by atoms with Gasteiger partial charge in [0.1, 0.15) is 11.5 Å². The molecule has 0 radical (unpaired) electrons. The molecule has 6 nitrogen and oxygen atoms in total. The average Bonchev–Trinajstić information content (AvgIpc) is 3.61. The van der Waals surface area contributed by atoms with Crippen LogP contribution in [-0.4, -0.2) is 31.3 Å². The Morgan fingerprint density at radius 1 is 0.938 bits per heavy atom. The van der Waals surface area contributed by atoms with Crippen LogP contribution < -0.4 is 14.4 Å². The molecule has 32 heavy (non-hydrogen) atoms. The molecule has 2 bridgehead atoms. The predicted molar refractivity (Wildman–Crippen MR) is 116 cm³/mol. The number of carbonyl (C=O) groups excluding carboxylic acids is 3. The van der Waals surface area contributed by atoms with Crippen LogP contribution in [0.25, 0.3) is 0 Å². The highest BCUT2D eigenvalue weighted by Gasteiger charge is 2.67. The third-order valence-electron chi connectivity index (χ3n) is 7.54. The number of anilines is 1. The Hall–Kier alpha value is -3.41. The second-order valence-electron chi connectivity index (χ2n) is 9.07. The third-order valence-corrected chi connectivity index (χ3v) is 7.54. The minimum atomic E-state index is -0.268. The molecule has 7 rings (SSSR count). The highest BCUT2D eigenvalue weighted by molar-refractivity contribution is 6.23. The minimum Gasteiger partial charge on any atom is -0.497 e. The third kappa shape index (κ3) is 2.75. The normalized spacial score (nSPS) is 31.3. The summed E-state index contributed by atoms with van der Waals surface area (Å²) >= 11 is 0. The smallest absolute Gasteiger partial charge is 0.238 e. The van der Waals surface area contributed by atoms with Gasteiger partial charge < -0.3 is 9.47 Å². The van der Waals surface area contributed by atoms with Crippen molar-refractivity contribution in [2.24, 2.45) is 35.5 Å². The maximum atomic E-state index is 13.4. The fraction of sp³-hybridized carbons (Fsp3) is 0.346. The molecule has 1 heterocycles. The highest BCUT2D eigenvalue weighted by atomic mass is 16.5. The highest BCUT2D eigenvalue weighted by Crippen LogP contribution is 2.65. The van der Waals surface area contributed by atoms with E-state index in [9.17, 15) is 14.4 Å². The predicted octanol–water partition coefficient (Wildman–Crippen LogP) is 3.51. The first-order valence-electron chi connectivity index (χ1n) is 11.0. The molecule has 1 saturated heterocycles. The van der Waals surface area contributed by atoms with Crippen LogP contribution in [0.3, 0.4) is 0 Å². The number of carbonyl (C=O) groups is 3. The van der Waals surface area contributed by atoms with Gasteiger partial charge in [0.05, 0.1) is 24.6 Å². The van der Waals surface area contributed by atoms with Gasteiger partial charge in [0, 0.05) is 5.56 Å². The number of hydrogen-bond acceptors (Lipinski definition) is 5. The van der Waals surface area contributed by atoms with Gasteiger partial charge in [-0.05, 0) is 66.5 Å². The number of ether oxygens (including phenoxy) is 2. The van der Waals surface area contributed by atoms with Gasteiger partial charge in [-0.2, -0.15) is 0 Å². The lowest BCUT2D eigenvalue weighted by molar-refractivity contribution is -0.124. The van der Waals surface area contributed by atoms with E-state index in [0.29, 0.717) is 34.6 Å². The molecule has 162 valence electrons. The van der Waals surface area contributed by atoms with Crippen LogP contribution >= 0.6 is 0 Å². The summed E-state index contributed by atoms with van der Waals surface area (Å²) in [7, 11) is 1.57. The summed E-state index contributed by atoms with van der Waals surface area (Å²) in [6.07, 6.45) is 5.44. The molecular formula is C26H23NO5. The molecule has 2 saturated carbocycles. The molecule has 2 amide bonds. The zero-order chi connectivity index (χ0) is 22.0. The summed E-state index contributed by atoms with van der Waals surface area (Å²) < 4.78 is 11.0. The van der Waals surface area contributed by atoms with E-state index in [4.69, 9.17) is 9.47 Å². The average molecular weight is 429 g/mol. The maximum absolute atomic E-state index is 13.4. The molecule has 3 fully saturated rings. The fourth-order valence-corrected chi connectivity index (χ4v) is 5.96. The molecule has 2 aromatic rings. The quantitative estimate of drug-likeness (QED) is 0.399. The number of hydrogen-bond donors (Lipinski definition) is 0. The Morgan fingerprint density at radius 2 is 1.56 bits per heavy atom. The SMILES string of the molecule is COc1ccc(C(=O)COc2ccccc2N2C(=O)[C@H]3[C@@H]4C=C[C@H]([C@H]5C[C@H]45)[C@@H]3C2=O)cc1. The number of allylic oxidation sites excluding steroid dienone is 2. The summed E-state index contributed by atoms with van der Waals surface area (Å²) in [4.78, 5) is 40.7. The summed E-state index contributed by atoms with van der Waals surface area (Å²) in [5.41, 5.74) is 0.928. The number of Topliss-reactive ketones (excluding diaryl/α,β-unsaturated/α-hetero) is 1. The number of nitrogens with zero attached hydrogens (tertiary/aromatic N) is 1. The van der Waals surface area contributed by atoms with E-state index in [1.807, 2.05) is 0 Å². The number of para-hydroxylation sites is 2. The molecule has 1 aliphatic heterocycles. The van der Waals surface area contributed by atoms with Gasteiger partial charge in [0.2, 0.25) is 11.8 Å². The first kappa shape index (κ1) is 19.3. The Morgan fingerprint density at radius 3 is 2.19 bits per heavy atom. The zero-order valence-electron chi connectivity index (χ0n) is 17.6. The summed E-state index contributed by atoms with van der Waals surface area (Å²) in [6.45, 7) is -0.191. The molecule has 6 heteroatoms. The lowest BCUT2D eigenvalue weighted by atomic mass is 9.63.